The van der Waals surface area contributed by atoms with E-state index in [0.717, 1.165) is 10.0 Å². The van der Waals surface area contributed by atoms with Crippen LogP contribution in [0.5, 0.6) is 0 Å². The van der Waals surface area contributed by atoms with E-state index in [1.165, 1.54) is 29.6 Å². The van der Waals surface area contributed by atoms with Gasteiger partial charge in [0.2, 0.25) is 5.91 Å². The highest BCUT2D eigenvalue weighted by Crippen LogP contribution is 2.24. The van der Waals surface area contributed by atoms with Gasteiger partial charge in [-0.2, -0.15) is 4.37 Å². The van der Waals surface area contributed by atoms with E-state index >= 15 is 0 Å². The number of nitrogen functional groups attached to an aromatic ring is 1. The van der Waals surface area contributed by atoms with Gasteiger partial charge in [-0.05, 0) is 42.7 Å². The van der Waals surface area contributed by atoms with Gasteiger partial charge in [0.15, 0.2) is 4.34 Å². The molecule has 7 heteroatoms. The molecule has 1 aromatic heterocycles. The molecule has 2 rings (SSSR count). The Morgan fingerprint density at radius 2 is 2.17 bits per heavy atom. The Bertz CT molecular complexity index is 512. The van der Waals surface area contributed by atoms with Crippen molar-refractivity contribution in [1.29, 1.82) is 0 Å². The first-order valence-corrected chi connectivity index (χ1v) is 6.90. The van der Waals surface area contributed by atoms with Crippen LogP contribution < -0.4 is 11.1 Å². The van der Waals surface area contributed by atoms with Crippen molar-refractivity contribution in [3.8, 4) is 0 Å². The Morgan fingerprint density at radius 1 is 1.44 bits per heavy atom. The minimum absolute atomic E-state index is 0.0695. The minimum atomic E-state index is -0.226. The normalized spacial score (nSPS) is 12.1. The van der Waals surface area contributed by atoms with Gasteiger partial charge in [-0.15, -0.1) is 0 Å². The molecule has 0 bridgehead atoms. The zero-order valence-corrected chi connectivity index (χ0v) is 11.3. The van der Waals surface area contributed by atoms with Crippen molar-refractivity contribution in [3.63, 3.8) is 0 Å². The van der Waals surface area contributed by atoms with Crippen LogP contribution in [0.2, 0.25) is 0 Å². The third-order valence-corrected chi connectivity index (χ3v) is 4.01. The molecule has 0 saturated carbocycles. The number of nitrogens with zero attached hydrogens (tertiary/aromatic N) is 2. The quantitative estimate of drug-likeness (QED) is 0.663. The lowest BCUT2D eigenvalue weighted by Crippen LogP contribution is -2.22. The Kier molecular flexibility index (Phi) is 4.16. The number of amides is 1. The molecule has 18 heavy (non-hydrogen) atoms. The number of nitrogens with two attached hydrogens (primary N) is 1. The monoisotopic (exact) mass is 280 g/mol. The van der Waals surface area contributed by atoms with Crippen molar-refractivity contribution in [3.05, 3.63) is 30.6 Å². The van der Waals surface area contributed by atoms with Crippen LogP contribution >= 0.6 is 23.3 Å². The van der Waals surface area contributed by atoms with Crippen LogP contribution in [0.25, 0.3) is 0 Å². The Hall–Kier alpha value is -1.60. The van der Waals surface area contributed by atoms with Crippen molar-refractivity contribution in [2.75, 3.05) is 11.1 Å². The highest BCUT2D eigenvalue weighted by Gasteiger charge is 2.16. The minimum Gasteiger partial charge on any atom is -0.399 e. The van der Waals surface area contributed by atoms with Gasteiger partial charge in [-0.3, -0.25) is 4.79 Å². The summed E-state index contributed by atoms with van der Waals surface area (Å²) >= 11 is 2.67. The summed E-state index contributed by atoms with van der Waals surface area (Å²) in [6.45, 7) is 1.83. The third-order valence-electron chi connectivity index (χ3n) is 2.17. The van der Waals surface area contributed by atoms with Gasteiger partial charge in [0.25, 0.3) is 0 Å². The maximum atomic E-state index is 11.9. The maximum Gasteiger partial charge on any atom is 0.237 e. The molecule has 0 aliphatic heterocycles. The van der Waals surface area contributed by atoms with Crippen molar-refractivity contribution < 1.29 is 4.79 Å². The molecule has 5 nitrogen and oxygen atoms in total. The fourth-order valence-electron chi connectivity index (χ4n) is 1.23. The first-order valence-electron chi connectivity index (χ1n) is 5.25. The summed E-state index contributed by atoms with van der Waals surface area (Å²) in [4.78, 5) is 15.9. The van der Waals surface area contributed by atoms with Crippen molar-refractivity contribution in [1.82, 2.24) is 9.36 Å². The Balaban J connectivity index is 1.93. The molecule has 0 fully saturated rings. The van der Waals surface area contributed by atoms with E-state index < -0.39 is 0 Å². The van der Waals surface area contributed by atoms with Crippen LogP contribution in [-0.2, 0) is 4.79 Å². The number of hydrogen-bond acceptors (Lipinski definition) is 6. The predicted octanol–water partition coefficient (Wildman–Crippen LogP) is 2.24. The molecule has 0 aliphatic carbocycles. The standard InChI is InChI=1S/C11H12N4OS2/c1-7(17-11-13-6-14-18-11)10(16)15-9-4-2-8(12)3-5-9/h2-7H,12H2,1H3,(H,15,16). The molecule has 0 spiro atoms. The smallest absolute Gasteiger partial charge is 0.237 e. The van der Waals surface area contributed by atoms with Crippen LogP contribution in [0.15, 0.2) is 34.9 Å². The van der Waals surface area contributed by atoms with E-state index in [1.807, 2.05) is 6.92 Å². The van der Waals surface area contributed by atoms with E-state index in [0.29, 0.717) is 5.69 Å². The summed E-state index contributed by atoms with van der Waals surface area (Å²) in [5.41, 5.74) is 6.98. The van der Waals surface area contributed by atoms with E-state index in [2.05, 4.69) is 14.7 Å². The van der Waals surface area contributed by atoms with Gasteiger partial charge >= 0.3 is 0 Å². The average Bonchev–Trinajstić information content (AvgIpc) is 2.85. The fourth-order valence-corrected chi connectivity index (χ4v) is 2.82. The Labute approximate surface area is 113 Å². The third kappa shape index (κ3) is 3.44. The summed E-state index contributed by atoms with van der Waals surface area (Å²) < 4.78 is 4.68. The number of nitrogens with one attached hydrogen (secondary N) is 1. The lowest BCUT2D eigenvalue weighted by Gasteiger charge is -2.10. The number of carbonyl (C=O) groups excluding carboxylic acids is 1. The summed E-state index contributed by atoms with van der Waals surface area (Å²) in [6, 6.07) is 7.04. The summed E-state index contributed by atoms with van der Waals surface area (Å²) in [5, 5.41) is 2.60. The van der Waals surface area contributed by atoms with Crippen LogP contribution in [-0.4, -0.2) is 20.5 Å². The molecule has 1 unspecified atom stereocenters. The molecule has 1 amide bonds. The summed E-state index contributed by atoms with van der Waals surface area (Å²) in [5.74, 6) is -0.0695. The number of thioether (sulfide) groups is 1. The van der Waals surface area contributed by atoms with Crippen LogP contribution in [0.1, 0.15) is 6.92 Å². The van der Waals surface area contributed by atoms with Crippen molar-refractivity contribution >= 4 is 40.6 Å². The summed E-state index contributed by atoms with van der Waals surface area (Å²) in [7, 11) is 0. The maximum absolute atomic E-state index is 11.9. The van der Waals surface area contributed by atoms with Crippen molar-refractivity contribution in [2.45, 2.75) is 16.5 Å². The average molecular weight is 280 g/mol. The van der Waals surface area contributed by atoms with Gasteiger partial charge in [-0.25, -0.2) is 4.98 Å². The van der Waals surface area contributed by atoms with E-state index in [9.17, 15) is 4.79 Å². The zero-order valence-electron chi connectivity index (χ0n) is 9.66. The highest BCUT2D eigenvalue weighted by molar-refractivity contribution is 8.02. The second kappa shape index (κ2) is 5.83. The van der Waals surface area contributed by atoms with Crippen LogP contribution in [0, 0.1) is 0 Å². The van der Waals surface area contributed by atoms with E-state index in [-0.39, 0.29) is 11.2 Å². The van der Waals surface area contributed by atoms with E-state index in [4.69, 9.17) is 5.73 Å². The lowest BCUT2D eigenvalue weighted by atomic mass is 10.3. The molecule has 3 N–H and O–H groups in total. The summed E-state index contributed by atoms with van der Waals surface area (Å²) in [6.07, 6.45) is 1.48. The molecule has 2 aromatic rings. The first-order chi connectivity index (χ1) is 8.65. The largest absolute Gasteiger partial charge is 0.399 e. The van der Waals surface area contributed by atoms with Crippen molar-refractivity contribution in [2.24, 2.45) is 0 Å². The molecule has 1 atom stereocenters. The number of rotatable bonds is 4. The SMILES string of the molecule is CC(Sc1ncns1)C(=O)Nc1ccc(N)cc1. The second-order valence-electron chi connectivity index (χ2n) is 3.58. The van der Waals surface area contributed by atoms with Gasteiger partial charge < -0.3 is 11.1 Å². The van der Waals surface area contributed by atoms with Gasteiger partial charge in [0, 0.05) is 11.4 Å². The van der Waals surface area contributed by atoms with Gasteiger partial charge in [0.1, 0.15) is 6.33 Å². The van der Waals surface area contributed by atoms with Crippen LogP contribution in [0.3, 0.4) is 0 Å². The molecular formula is C11H12N4OS2. The number of aromatic nitrogens is 2. The number of hydrogen-bond donors (Lipinski definition) is 2. The van der Waals surface area contributed by atoms with E-state index in [1.54, 1.807) is 24.3 Å². The highest BCUT2D eigenvalue weighted by atomic mass is 32.2. The number of anilines is 2. The molecule has 0 aliphatic rings. The Morgan fingerprint density at radius 3 is 2.78 bits per heavy atom. The predicted molar refractivity (Wildman–Crippen MR) is 74.7 cm³/mol. The van der Waals surface area contributed by atoms with Gasteiger partial charge in [-0.1, -0.05) is 11.8 Å². The molecule has 0 radical (unpaired) electrons. The molecule has 1 heterocycles. The zero-order chi connectivity index (χ0) is 13.0. The topological polar surface area (TPSA) is 80.9 Å². The van der Waals surface area contributed by atoms with Crippen LogP contribution in [0.4, 0.5) is 11.4 Å². The van der Waals surface area contributed by atoms with Gasteiger partial charge in [0.05, 0.1) is 5.25 Å². The number of benzene rings is 1. The second-order valence-corrected chi connectivity index (χ2v) is 5.95. The lowest BCUT2D eigenvalue weighted by molar-refractivity contribution is -0.115. The molecule has 94 valence electrons. The molecular weight excluding hydrogens is 268 g/mol. The first kappa shape index (κ1) is 12.8. The fraction of sp³-hybridized carbons (Fsp3) is 0.182. The molecule has 1 aromatic carbocycles. The molecule has 0 saturated heterocycles. The number of carbonyl (C=O) groups is 1.